The highest BCUT2D eigenvalue weighted by molar-refractivity contribution is 6.04. The molecule has 0 aromatic heterocycles. The van der Waals surface area contributed by atoms with Gasteiger partial charge in [0.1, 0.15) is 5.75 Å². The van der Waals surface area contributed by atoms with Crippen molar-refractivity contribution < 1.29 is 14.3 Å². The summed E-state index contributed by atoms with van der Waals surface area (Å²) in [4.78, 5) is 26.9. The minimum absolute atomic E-state index is 0.0632. The van der Waals surface area contributed by atoms with E-state index in [2.05, 4.69) is 19.2 Å². The van der Waals surface area contributed by atoms with Crippen LogP contribution in [0.2, 0.25) is 0 Å². The van der Waals surface area contributed by atoms with Crippen molar-refractivity contribution in [3.63, 3.8) is 0 Å². The third-order valence-corrected chi connectivity index (χ3v) is 4.71. The van der Waals surface area contributed by atoms with Crippen molar-refractivity contribution in [2.75, 3.05) is 23.9 Å². The number of carbonyl (C=O) groups excluding carboxylic acids is 2. The molecular weight excluding hydrogens is 328 g/mol. The molecule has 0 saturated carbocycles. The van der Waals surface area contributed by atoms with Crippen LogP contribution in [-0.2, 0) is 9.59 Å². The molecule has 1 heterocycles. The smallest absolute Gasteiger partial charge is 0.229 e. The third kappa shape index (κ3) is 3.57. The normalized spacial score (nSPS) is 16.8. The van der Waals surface area contributed by atoms with Crippen LogP contribution in [0.1, 0.15) is 31.7 Å². The van der Waals surface area contributed by atoms with Gasteiger partial charge in [-0.25, -0.2) is 0 Å². The Bertz CT molecular complexity index is 816. The van der Waals surface area contributed by atoms with E-state index in [0.717, 1.165) is 11.3 Å². The number of hydrogen-bond donors (Lipinski definition) is 1. The first kappa shape index (κ1) is 18.0. The SMILES string of the molecule is COc1ccccc1N1C[C@@H](C(=O)Nc2ccccc2C(C)C)CC1=O. The molecule has 0 radical (unpaired) electrons. The summed E-state index contributed by atoms with van der Waals surface area (Å²) in [5.41, 5.74) is 2.61. The Balaban J connectivity index is 1.76. The van der Waals surface area contributed by atoms with Crippen molar-refractivity contribution in [1.82, 2.24) is 0 Å². The first-order chi connectivity index (χ1) is 12.5. The summed E-state index contributed by atoms with van der Waals surface area (Å²) in [7, 11) is 1.58. The molecular formula is C21H24N2O3. The van der Waals surface area contributed by atoms with E-state index in [1.54, 1.807) is 12.0 Å². The van der Waals surface area contributed by atoms with Gasteiger partial charge in [0.25, 0.3) is 0 Å². The molecule has 1 aliphatic heterocycles. The molecule has 5 nitrogen and oxygen atoms in total. The first-order valence-electron chi connectivity index (χ1n) is 8.84. The maximum atomic E-state index is 12.7. The number of carbonyl (C=O) groups is 2. The van der Waals surface area contributed by atoms with E-state index in [9.17, 15) is 9.59 Å². The molecule has 3 rings (SSSR count). The van der Waals surface area contributed by atoms with Crippen LogP contribution in [0.3, 0.4) is 0 Å². The molecule has 2 amide bonds. The number of rotatable bonds is 5. The van der Waals surface area contributed by atoms with Crippen molar-refractivity contribution in [3.8, 4) is 5.75 Å². The quantitative estimate of drug-likeness (QED) is 0.890. The van der Waals surface area contributed by atoms with E-state index in [4.69, 9.17) is 4.74 Å². The van der Waals surface area contributed by atoms with Gasteiger partial charge < -0.3 is 15.0 Å². The zero-order valence-corrected chi connectivity index (χ0v) is 15.4. The van der Waals surface area contributed by atoms with Gasteiger partial charge in [0.2, 0.25) is 11.8 Å². The van der Waals surface area contributed by atoms with Crippen LogP contribution in [0.15, 0.2) is 48.5 Å². The van der Waals surface area contributed by atoms with Gasteiger partial charge in [0.05, 0.1) is 18.7 Å². The topological polar surface area (TPSA) is 58.6 Å². The molecule has 5 heteroatoms. The summed E-state index contributed by atoms with van der Waals surface area (Å²) in [5.74, 6) is 0.372. The maximum Gasteiger partial charge on any atom is 0.229 e. The number of nitrogens with one attached hydrogen (secondary N) is 1. The van der Waals surface area contributed by atoms with Crippen LogP contribution in [0, 0.1) is 5.92 Å². The van der Waals surface area contributed by atoms with E-state index in [1.807, 2.05) is 48.5 Å². The van der Waals surface area contributed by atoms with Gasteiger partial charge in [-0.2, -0.15) is 0 Å². The summed E-state index contributed by atoms with van der Waals surface area (Å²) >= 11 is 0. The van der Waals surface area contributed by atoms with Gasteiger partial charge in [0, 0.05) is 18.7 Å². The number of nitrogens with zero attached hydrogens (tertiary/aromatic N) is 1. The van der Waals surface area contributed by atoms with Gasteiger partial charge in [-0.05, 0) is 29.7 Å². The number of anilines is 2. The predicted molar refractivity (Wildman–Crippen MR) is 103 cm³/mol. The largest absolute Gasteiger partial charge is 0.495 e. The minimum atomic E-state index is -0.382. The van der Waals surface area contributed by atoms with E-state index in [1.165, 1.54) is 0 Å². The lowest BCUT2D eigenvalue weighted by molar-refractivity contribution is -0.122. The van der Waals surface area contributed by atoms with Crippen LogP contribution in [0.4, 0.5) is 11.4 Å². The van der Waals surface area contributed by atoms with Crippen molar-refractivity contribution in [2.45, 2.75) is 26.2 Å². The van der Waals surface area contributed by atoms with Crippen molar-refractivity contribution >= 4 is 23.2 Å². The Hall–Kier alpha value is -2.82. The predicted octanol–water partition coefficient (Wildman–Crippen LogP) is 3.81. The minimum Gasteiger partial charge on any atom is -0.495 e. The van der Waals surface area contributed by atoms with Crippen LogP contribution in [0.5, 0.6) is 5.75 Å². The zero-order valence-electron chi connectivity index (χ0n) is 15.4. The Labute approximate surface area is 154 Å². The Kier molecular flexibility index (Phi) is 5.26. The Morgan fingerprint density at radius 1 is 1.15 bits per heavy atom. The first-order valence-corrected chi connectivity index (χ1v) is 8.84. The van der Waals surface area contributed by atoms with Crippen LogP contribution in [-0.4, -0.2) is 25.5 Å². The lowest BCUT2D eigenvalue weighted by Crippen LogP contribution is -2.28. The van der Waals surface area contributed by atoms with Gasteiger partial charge in [-0.3, -0.25) is 9.59 Å². The second-order valence-corrected chi connectivity index (χ2v) is 6.81. The second kappa shape index (κ2) is 7.60. The molecule has 1 N–H and O–H groups in total. The Morgan fingerprint density at radius 3 is 2.58 bits per heavy atom. The molecule has 2 aromatic rings. The fourth-order valence-corrected chi connectivity index (χ4v) is 3.32. The van der Waals surface area contributed by atoms with Gasteiger partial charge in [-0.15, -0.1) is 0 Å². The highest BCUT2D eigenvalue weighted by atomic mass is 16.5. The fourth-order valence-electron chi connectivity index (χ4n) is 3.32. The molecule has 136 valence electrons. The number of benzene rings is 2. The maximum absolute atomic E-state index is 12.7. The van der Waals surface area contributed by atoms with E-state index < -0.39 is 0 Å². The molecule has 0 aliphatic carbocycles. The highest BCUT2D eigenvalue weighted by Gasteiger charge is 2.36. The molecule has 0 bridgehead atoms. The summed E-state index contributed by atoms with van der Waals surface area (Å²) in [5, 5.41) is 3.01. The lowest BCUT2D eigenvalue weighted by atomic mass is 10.0. The molecule has 0 spiro atoms. The van der Waals surface area contributed by atoms with Crippen molar-refractivity contribution in [3.05, 3.63) is 54.1 Å². The standard InChI is InChI=1S/C21H24N2O3/c1-14(2)16-8-4-5-9-17(16)22-21(25)15-12-20(24)23(13-15)18-10-6-7-11-19(18)26-3/h4-11,14-15H,12-13H2,1-3H3,(H,22,25)/t15-/m0/s1. The number of methoxy groups -OCH3 is 1. The van der Waals surface area contributed by atoms with Gasteiger partial charge in [0.15, 0.2) is 0 Å². The monoisotopic (exact) mass is 352 g/mol. The zero-order chi connectivity index (χ0) is 18.7. The van der Waals surface area contributed by atoms with E-state index >= 15 is 0 Å². The van der Waals surface area contributed by atoms with Crippen LogP contribution < -0.4 is 15.0 Å². The second-order valence-electron chi connectivity index (χ2n) is 6.81. The molecule has 1 saturated heterocycles. The van der Waals surface area contributed by atoms with Crippen LogP contribution >= 0.6 is 0 Å². The molecule has 26 heavy (non-hydrogen) atoms. The van der Waals surface area contributed by atoms with Gasteiger partial charge in [-0.1, -0.05) is 44.2 Å². The summed E-state index contributed by atoms with van der Waals surface area (Å²) in [6.07, 6.45) is 0.202. The van der Waals surface area contributed by atoms with E-state index in [0.29, 0.717) is 23.9 Å². The number of para-hydroxylation sites is 3. The number of amides is 2. The lowest BCUT2D eigenvalue weighted by Gasteiger charge is -2.20. The van der Waals surface area contributed by atoms with Crippen LogP contribution in [0.25, 0.3) is 0 Å². The summed E-state index contributed by atoms with van der Waals surface area (Å²) in [6, 6.07) is 15.2. The van der Waals surface area contributed by atoms with Crippen molar-refractivity contribution in [1.29, 1.82) is 0 Å². The van der Waals surface area contributed by atoms with Crippen molar-refractivity contribution in [2.24, 2.45) is 5.92 Å². The third-order valence-electron chi connectivity index (χ3n) is 4.71. The molecule has 1 aliphatic rings. The number of hydrogen-bond acceptors (Lipinski definition) is 3. The molecule has 0 unspecified atom stereocenters. The fraction of sp³-hybridized carbons (Fsp3) is 0.333. The molecule has 2 aromatic carbocycles. The number of ether oxygens (including phenoxy) is 1. The van der Waals surface area contributed by atoms with Gasteiger partial charge >= 0.3 is 0 Å². The molecule has 1 fully saturated rings. The summed E-state index contributed by atoms with van der Waals surface area (Å²) in [6.45, 7) is 4.54. The average molecular weight is 352 g/mol. The average Bonchev–Trinajstić information content (AvgIpc) is 3.03. The molecule has 1 atom stereocenters. The summed E-state index contributed by atoms with van der Waals surface area (Å²) < 4.78 is 5.35. The Morgan fingerprint density at radius 2 is 1.85 bits per heavy atom. The highest BCUT2D eigenvalue weighted by Crippen LogP contribution is 2.33. The van der Waals surface area contributed by atoms with E-state index in [-0.39, 0.29) is 24.2 Å².